The summed E-state index contributed by atoms with van der Waals surface area (Å²) in [5.74, 6) is 1.33. The van der Waals surface area contributed by atoms with E-state index in [1.54, 1.807) is 0 Å². The van der Waals surface area contributed by atoms with Crippen LogP contribution in [0, 0.1) is 11.3 Å². The third-order valence-corrected chi connectivity index (χ3v) is 3.45. The van der Waals surface area contributed by atoms with Crippen molar-refractivity contribution in [1.82, 2.24) is 0 Å². The Kier molecular flexibility index (Phi) is 1.17. The second-order valence-corrected chi connectivity index (χ2v) is 3.87. The van der Waals surface area contributed by atoms with Gasteiger partial charge in [-0.15, -0.1) is 0 Å². The lowest BCUT2D eigenvalue weighted by atomic mass is 9.81. The van der Waals surface area contributed by atoms with Gasteiger partial charge in [0.15, 0.2) is 0 Å². The Bertz CT molecular complexity index is 174. The third-order valence-electron chi connectivity index (χ3n) is 3.45. The van der Waals surface area contributed by atoms with Gasteiger partial charge in [-0.3, -0.25) is 4.79 Å². The second-order valence-electron chi connectivity index (χ2n) is 3.87. The van der Waals surface area contributed by atoms with Gasteiger partial charge in [0.1, 0.15) is 5.78 Å². The molecule has 0 aromatic carbocycles. The van der Waals surface area contributed by atoms with E-state index < -0.39 is 0 Å². The molecule has 0 unspecified atom stereocenters. The van der Waals surface area contributed by atoms with E-state index in [-0.39, 0.29) is 5.41 Å². The Balaban J connectivity index is 2.27. The number of hydrogen-bond donors (Lipinski definition) is 0. The normalized spacial score (nSPS) is 44.9. The fourth-order valence-corrected chi connectivity index (χ4v) is 2.66. The lowest BCUT2D eigenvalue weighted by Gasteiger charge is -2.22. The first-order valence-electron chi connectivity index (χ1n) is 4.30. The Hall–Kier alpha value is -0.330. The zero-order valence-electron chi connectivity index (χ0n) is 6.52. The standard InChI is InChI=1S/C9H14O/c1-2-9-4-3-7(6-9)5-8(9)10/h7H,2-6H2,1H3/t7-,9+/m1/s1. The van der Waals surface area contributed by atoms with Crippen molar-refractivity contribution in [3.63, 3.8) is 0 Å². The molecule has 2 atom stereocenters. The van der Waals surface area contributed by atoms with E-state index in [0.717, 1.165) is 18.8 Å². The summed E-state index contributed by atoms with van der Waals surface area (Å²) < 4.78 is 0. The van der Waals surface area contributed by atoms with Crippen LogP contribution in [-0.4, -0.2) is 5.78 Å². The van der Waals surface area contributed by atoms with Crippen molar-refractivity contribution in [2.24, 2.45) is 11.3 Å². The van der Waals surface area contributed by atoms with Crippen molar-refractivity contribution in [3.8, 4) is 0 Å². The van der Waals surface area contributed by atoms with Crippen molar-refractivity contribution in [3.05, 3.63) is 0 Å². The lowest BCUT2D eigenvalue weighted by Crippen LogP contribution is -2.23. The highest BCUT2D eigenvalue weighted by molar-refractivity contribution is 5.88. The Morgan fingerprint density at radius 2 is 2.50 bits per heavy atom. The molecule has 56 valence electrons. The minimum Gasteiger partial charge on any atom is -0.299 e. The summed E-state index contributed by atoms with van der Waals surface area (Å²) in [4.78, 5) is 11.4. The van der Waals surface area contributed by atoms with Crippen LogP contribution in [0.4, 0.5) is 0 Å². The maximum absolute atomic E-state index is 11.4. The maximum atomic E-state index is 11.4. The summed E-state index contributed by atoms with van der Waals surface area (Å²) in [6, 6.07) is 0. The van der Waals surface area contributed by atoms with E-state index in [2.05, 4.69) is 6.92 Å². The Labute approximate surface area is 61.8 Å². The van der Waals surface area contributed by atoms with Gasteiger partial charge >= 0.3 is 0 Å². The predicted molar refractivity (Wildman–Crippen MR) is 39.7 cm³/mol. The molecular weight excluding hydrogens is 124 g/mol. The van der Waals surface area contributed by atoms with Crippen LogP contribution in [-0.2, 0) is 4.79 Å². The third kappa shape index (κ3) is 0.609. The van der Waals surface area contributed by atoms with Crippen molar-refractivity contribution in [2.75, 3.05) is 0 Å². The van der Waals surface area contributed by atoms with E-state index >= 15 is 0 Å². The molecule has 0 saturated heterocycles. The van der Waals surface area contributed by atoms with Gasteiger partial charge in [0.2, 0.25) is 0 Å². The van der Waals surface area contributed by atoms with Crippen LogP contribution >= 0.6 is 0 Å². The van der Waals surface area contributed by atoms with Crippen LogP contribution in [0.2, 0.25) is 0 Å². The van der Waals surface area contributed by atoms with Gasteiger partial charge in [0, 0.05) is 11.8 Å². The van der Waals surface area contributed by atoms with Gasteiger partial charge in [-0.25, -0.2) is 0 Å². The minimum absolute atomic E-state index is 0.171. The zero-order chi connectivity index (χ0) is 7.19. The van der Waals surface area contributed by atoms with Crippen LogP contribution in [0.25, 0.3) is 0 Å². The van der Waals surface area contributed by atoms with Gasteiger partial charge in [-0.1, -0.05) is 6.92 Å². The van der Waals surface area contributed by atoms with Crippen LogP contribution in [0.3, 0.4) is 0 Å². The Morgan fingerprint density at radius 1 is 1.70 bits per heavy atom. The highest BCUT2D eigenvalue weighted by Crippen LogP contribution is 2.53. The average Bonchev–Trinajstić information content (AvgIpc) is 2.44. The summed E-state index contributed by atoms with van der Waals surface area (Å²) >= 11 is 0. The SMILES string of the molecule is CC[C@@]12CC[C@H](CC1=O)C2. The van der Waals surface area contributed by atoms with Crippen molar-refractivity contribution < 1.29 is 4.79 Å². The Morgan fingerprint density at radius 3 is 2.80 bits per heavy atom. The van der Waals surface area contributed by atoms with Gasteiger partial charge in [0.05, 0.1) is 0 Å². The van der Waals surface area contributed by atoms with Crippen LogP contribution in [0.15, 0.2) is 0 Å². The van der Waals surface area contributed by atoms with E-state index in [1.807, 2.05) is 0 Å². The molecule has 0 amide bonds. The first kappa shape index (κ1) is 6.38. The lowest BCUT2D eigenvalue weighted by molar-refractivity contribution is -0.127. The van der Waals surface area contributed by atoms with E-state index in [0.29, 0.717) is 5.78 Å². The first-order valence-corrected chi connectivity index (χ1v) is 4.30. The molecule has 0 aromatic rings. The van der Waals surface area contributed by atoms with E-state index in [1.165, 1.54) is 19.3 Å². The van der Waals surface area contributed by atoms with Gasteiger partial charge in [-0.05, 0) is 31.6 Å². The van der Waals surface area contributed by atoms with Crippen molar-refractivity contribution >= 4 is 5.78 Å². The molecule has 1 nitrogen and oxygen atoms in total. The number of hydrogen-bond acceptors (Lipinski definition) is 1. The first-order chi connectivity index (χ1) is 4.77. The molecule has 0 N–H and O–H groups in total. The molecule has 0 aromatic heterocycles. The quantitative estimate of drug-likeness (QED) is 0.542. The summed E-state index contributed by atoms with van der Waals surface area (Å²) in [6.07, 6.45) is 5.70. The van der Waals surface area contributed by atoms with Crippen molar-refractivity contribution in [1.29, 1.82) is 0 Å². The maximum Gasteiger partial charge on any atom is 0.139 e. The molecular formula is C9H14O. The summed E-state index contributed by atoms with van der Waals surface area (Å²) in [6.45, 7) is 2.16. The van der Waals surface area contributed by atoms with E-state index in [9.17, 15) is 4.79 Å². The summed E-state index contributed by atoms with van der Waals surface area (Å²) in [7, 11) is 0. The number of fused-ring (bicyclic) bond motifs is 2. The van der Waals surface area contributed by atoms with Gasteiger partial charge in [0.25, 0.3) is 0 Å². The molecule has 10 heavy (non-hydrogen) atoms. The molecule has 0 aliphatic heterocycles. The van der Waals surface area contributed by atoms with Crippen LogP contribution in [0.1, 0.15) is 39.0 Å². The zero-order valence-corrected chi connectivity index (χ0v) is 6.52. The summed E-state index contributed by atoms with van der Waals surface area (Å²) in [5, 5.41) is 0. The van der Waals surface area contributed by atoms with Gasteiger partial charge < -0.3 is 0 Å². The molecule has 0 spiro atoms. The summed E-state index contributed by atoms with van der Waals surface area (Å²) in [5.41, 5.74) is 0.171. The van der Waals surface area contributed by atoms with Crippen LogP contribution in [0.5, 0.6) is 0 Å². The topological polar surface area (TPSA) is 17.1 Å². The number of ketones is 1. The number of Topliss-reactive ketones (excluding diaryl/α,β-unsaturated/α-hetero) is 1. The highest BCUT2D eigenvalue weighted by atomic mass is 16.1. The minimum atomic E-state index is 0.171. The van der Waals surface area contributed by atoms with E-state index in [4.69, 9.17) is 0 Å². The smallest absolute Gasteiger partial charge is 0.139 e. The molecule has 2 aliphatic rings. The van der Waals surface area contributed by atoms with Crippen LogP contribution < -0.4 is 0 Å². The molecule has 1 heteroatoms. The molecule has 2 rings (SSSR count). The number of carbonyl (C=O) groups excluding carboxylic acids is 1. The number of carbonyl (C=O) groups is 1. The predicted octanol–water partition coefficient (Wildman–Crippen LogP) is 2.16. The average molecular weight is 138 g/mol. The molecule has 0 heterocycles. The molecule has 2 aliphatic carbocycles. The molecule has 2 saturated carbocycles. The fourth-order valence-electron chi connectivity index (χ4n) is 2.66. The van der Waals surface area contributed by atoms with Crippen molar-refractivity contribution in [2.45, 2.75) is 39.0 Å². The highest BCUT2D eigenvalue weighted by Gasteiger charge is 2.49. The molecule has 2 bridgehead atoms. The monoisotopic (exact) mass is 138 g/mol. The number of rotatable bonds is 1. The fraction of sp³-hybridized carbons (Fsp3) is 0.889. The van der Waals surface area contributed by atoms with Gasteiger partial charge in [-0.2, -0.15) is 0 Å². The second kappa shape index (κ2) is 1.84. The molecule has 0 radical (unpaired) electrons. The molecule has 2 fully saturated rings. The largest absolute Gasteiger partial charge is 0.299 e.